The van der Waals surface area contributed by atoms with Gasteiger partial charge in [0.2, 0.25) is 5.91 Å². The Bertz CT molecular complexity index is 2310. The van der Waals surface area contributed by atoms with Crippen molar-refractivity contribution < 1.29 is 9.59 Å². The SMILES string of the molecule is Brc1cc(I)c2c(c1)CCC2.CC(=O)Nc1ccc2c(c1)CCC2.Nc1c(Br)cc2c(c1I)CCC2.Nc1ccc2c(c1)CCC2.O=Cc1cc(Br)cc2c1CCC2. The summed E-state index contributed by atoms with van der Waals surface area (Å²) in [5.41, 5.74) is 29.6. The van der Waals surface area contributed by atoms with Gasteiger partial charge in [-0.1, -0.05) is 44.0 Å². The van der Waals surface area contributed by atoms with E-state index in [1.165, 1.54) is 140 Å². The zero-order valence-electron chi connectivity index (χ0n) is 32.9. The average molecular weight is 1190 g/mol. The fourth-order valence-corrected chi connectivity index (χ4v) is 12.7. The lowest BCUT2D eigenvalue weighted by Crippen LogP contribution is -2.05. The molecule has 0 aliphatic heterocycles. The first-order valence-electron chi connectivity index (χ1n) is 20.1. The maximum absolute atomic E-state index is 10.8. The van der Waals surface area contributed by atoms with Crippen LogP contribution in [0.15, 0.2) is 80.1 Å². The second kappa shape index (κ2) is 21.5. The number of benzene rings is 5. The van der Waals surface area contributed by atoms with E-state index in [0.717, 1.165) is 57.1 Å². The minimum absolute atomic E-state index is 0.00190. The smallest absolute Gasteiger partial charge is 0.221 e. The zero-order valence-corrected chi connectivity index (χ0v) is 42.0. The molecule has 0 fully saturated rings. The summed E-state index contributed by atoms with van der Waals surface area (Å²) >= 11 is 15.1. The number of nitrogen functional groups attached to an aromatic ring is 2. The summed E-state index contributed by atoms with van der Waals surface area (Å²) in [6.45, 7) is 1.53. The molecular formula is C48H50Br3I2N3O2. The van der Waals surface area contributed by atoms with E-state index in [2.05, 4.69) is 147 Å². The number of carbonyl (C=O) groups excluding carboxylic acids is 2. The third kappa shape index (κ3) is 12.0. The minimum atomic E-state index is -0.00190. The maximum Gasteiger partial charge on any atom is 0.221 e. The number of anilines is 3. The van der Waals surface area contributed by atoms with Gasteiger partial charge in [-0.05, 0) is 268 Å². The number of hydrogen-bond donors (Lipinski definition) is 3. The van der Waals surface area contributed by atoms with Crippen LogP contribution < -0.4 is 16.8 Å². The second-order valence-electron chi connectivity index (χ2n) is 15.5. The number of fused-ring (bicyclic) bond motifs is 5. The van der Waals surface area contributed by atoms with Crippen molar-refractivity contribution in [3.05, 3.63) is 148 Å². The molecule has 0 unspecified atom stereocenters. The lowest BCUT2D eigenvalue weighted by Gasteiger charge is -2.07. The highest BCUT2D eigenvalue weighted by molar-refractivity contribution is 14.1. The fraction of sp³-hybridized carbons (Fsp3) is 0.333. The van der Waals surface area contributed by atoms with Crippen LogP contribution in [-0.2, 0) is 69.0 Å². The van der Waals surface area contributed by atoms with Crippen LogP contribution in [0.2, 0.25) is 0 Å². The molecule has 0 atom stereocenters. The lowest BCUT2D eigenvalue weighted by atomic mass is 10.0. The summed E-state index contributed by atoms with van der Waals surface area (Å²) in [5, 5.41) is 2.80. The molecule has 0 radical (unpaired) electrons. The Balaban J connectivity index is 0.000000122. The summed E-state index contributed by atoms with van der Waals surface area (Å²) in [5.74, 6) is -0.00190. The Labute approximate surface area is 396 Å². The highest BCUT2D eigenvalue weighted by Gasteiger charge is 2.18. The van der Waals surface area contributed by atoms with E-state index in [4.69, 9.17) is 11.5 Å². The Morgan fingerprint density at radius 3 is 1.72 bits per heavy atom. The van der Waals surface area contributed by atoms with Crippen molar-refractivity contribution in [2.75, 3.05) is 16.8 Å². The van der Waals surface area contributed by atoms with Crippen molar-refractivity contribution in [1.29, 1.82) is 0 Å². The molecular weight excluding hydrogens is 1140 g/mol. The van der Waals surface area contributed by atoms with Gasteiger partial charge in [-0.25, -0.2) is 0 Å². The van der Waals surface area contributed by atoms with Crippen molar-refractivity contribution >= 4 is 122 Å². The first kappa shape index (κ1) is 45.3. The summed E-state index contributed by atoms with van der Waals surface area (Å²) in [4.78, 5) is 21.5. The van der Waals surface area contributed by atoms with Crippen molar-refractivity contribution in [3.63, 3.8) is 0 Å². The van der Waals surface area contributed by atoms with Gasteiger partial charge in [0.1, 0.15) is 6.29 Å². The third-order valence-corrected chi connectivity index (χ3v) is 15.1. The van der Waals surface area contributed by atoms with E-state index in [1.54, 1.807) is 11.1 Å². The fourth-order valence-electron chi connectivity index (χ4n) is 8.54. The molecule has 0 heterocycles. The molecule has 304 valence electrons. The highest BCUT2D eigenvalue weighted by atomic mass is 127. The third-order valence-electron chi connectivity index (χ3n) is 11.3. The van der Waals surface area contributed by atoms with Crippen molar-refractivity contribution in [3.8, 4) is 0 Å². The maximum atomic E-state index is 10.8. The number of halogens is 5. The number of nitrogens with one attached hydrogen (secondary N) is 1. The van der Waals surface area contributed by atoms with E-state index in [1.807, 2.05) is 18.2 Å². The minimum Gasteiger partial charge on any atom is -0.399 e. The standard InChI is InChI=1S/C11H13NO.C10H9BrO.C9H9BrIN.C9H8BrI.C9H11N/c1-8(13)12-11-6-5-9-3-2-4-10(9)7-11;11-9-4-7-2-1-3-10(7)8(5-9)6-12;10-7-4-5-2-1-3-6(5)8(11)9(7)12;10-7-4-6-2-1-3-8(6)9(11)5-7;10-9-5-4-7-2-1-3-8(7)6-9/h5-7H,2-4H2,1H3,(H,12,13);4-6H,1-3H2;4H,1-3,12H2;4-5H,1-3H2;4-6H,1-3,10H2. The first-order chi connectivity index (χ1) is 27.9. The van der Waals surface area contributed by atoms with Gasteiger partial charge in [-0.15, -0.1) is 0 Å². The Morgan fingerprint density at radius 2 is 1.09 bits per heavy atom. The molecule has 0 bridgehead atoms. The number of hydrogen-bond acceptors (Lipinski definition) is 4. The number of carbonyl (C=O) groups is 2. The molecule has 5 aliphatic rings. The molecule has 1 amide bonds. The van der Waals surface area contributed by atoms with Gasteiger partial charge in [-0.3, -0.25) is 9.59 Å². The quantitative estimate of drug-likeness (QED) is 0.0932. The molecule has 0 saturated carbocycles. The lowest BCUT2D eigenvalue weighted by molar-refractivity contribution is -0.114. The Kier molecular flexibility index (Phi) is 16.8. The molecule has 58 heavy (non-hydrogen) atoms. The van der Waals surface area contributed by atoms with Crippen LogP contribution in [0.25, 0.3) is 0 Å². The van der Waals surface area contributed by atoms with Crippen LogP contribution in [0.4, 0.5) is 17.1 Å². The summed E-state index contributed by atoms with van der Waals surface area (Å²) in [7, 11) is 0. The van der Waals surface area contributed by atoms with Gasteiger partial charge in [0.25, 0.3) is 0 Å². The zero-order chi connectivity index (χ0) is 41.3. The molecule has 0 spiro atoms. The van der Waals surface area contributed by atoms with Gasteiger partial charge in [-0.2, -0.15) is 0 Å². The normalized spacial score (nSPS) is 14.7. The largest absolute Gasteiger partial charge is 0.399 e. The van der Waals surface area contributed by atoms with Crippen LogP contribution in [0.5, 0.6) is 0 Å². The molecule has 10 heteroatoms. The van der Waals surface area contributed by atoms with Crippen LogP contribution in [0.1, 0.15) is 105 Å². The predicted octanol–water partition coefficient (Wildman–Crippen LogP) is 13.3. The molecule has 10 rings (SSSR count). The monoisotopic (exact) mass is 1190 g/mol. The number of amides is 1. The molecule has 5 aromatic carbocycles. The van der Waals surface area contributed by atoms with Crippen molar-refractivity contribution in [1.82, 2.24) is 0 Å². The molecule has 0 saturated heterocycles. The average Bonchev–Trinajstić information content (AvgIpc) is 4.04. The van der Waals surface area contributed by atoms with Crippen LogP contribution in [-0.4, -0.2) is 12.2 Å². The van der Waals surface area contributed by atoms with Gasteiger partial charge >= 0.3 is 0 Å². The van der Waals surface area contributed by atoms with Gasteiger partial charge in [0.05, 0.1) is 5.69 Å². The summed E-state index contributed by atoms with van der Waals surface area (Å²) < 4.78 is 5.96. The van der Waals surface area contributed by atoms with E-state index < -0.39 is 0 Å². The number of nitrogens with two attached hydrogens (primary N) is 2. The van der Waals surface area contributed by atoms with Gasteiger partial charge in [0, 0.05) is 44.4 Å². The molecule has 0 aromatic heterocycles. The molecule has 5 aromatic rings. The number of aryl methyl sites for hydroxylation is 7. The predicted molar refractivity (Wildman–Crippen MR) is 269 cm³/mol. The highest BCUT2D eigenvalue weighted by Crippen LogP contribution is 2.36. The van der Waals surface area contributed by atoms with Crippen LogP contribution in [0, 0.1) is 7.14 Å². The topological polar surface area (TPSA) is 98.2 Å². The van der Waals surface area contributed by atoms with E-state index in [0.29, 0.717) is 0 Å². The van der Waals surface area contributed by atoms with E-state index >= 15 is 0 Å². The Morgan fingerprint density at radius 1 is 0.586 bits per heavy atom. The number of aldehydes is 1. The summed E-state index contributed by atoms with van der Waals surface area (Å²) in [6, 6.07) is 23.1. The molecule has 5 aliphatic carbocycles. The van der Waals surface area contributed by atoms with Crippen LogP contribution >= 0.6 is 93.0 Å². The van der Waals surface area contributed by atoms with E-state index in [9.17, 15) is 9.59 Å². The second-order valence-corrected chi connectivity index (χ2v) is 20.4. The molecule has 5 nitrogen and oxygen atoms in total. The van der Waals surface area contributed by atoms with Crippen LogP contribution in [0.3, 0.4) is 0 Å². The van der Waals surface area contributed by atoms with Gasteiger partial charge < -0.3 is 16.8 Å². The first-order valence-corrected chi connectivity index (χ1v) is 24.7. The van der Waals surface area contributed by atoms with Crippen molar-refractivity contribution in [2.24, 2.45) is 0 Å². The summed E-state index contributed by atoms with van der Waals surface area (Å²) in [6.07, 6.45) is 19.3. The number of rotatable bonds is 2. The van der Waals surface area contributed by atoms with E-state index in [-0.39, 0.29) is 5.91 Å². The van der Waals surface area contributed by atoms with Crippen molar-refractivity contribution in [2.45, 2.75) is 103 Å². The van der Waals surface area contributed by atoms with Gasteiger partial charge in [0.15, 0.2) is 0 Å². The Hall–Kier alpha value is -2.26. The molecule has 5 N–H and O–H groups in total.